The summed E-state index contributed by atoms with van der Waals surface area (Å²) in [6.45, 7) is 4.19. The molecule has 0 aliphatic heterocycles. The van der Waals surface area contributed by atoms with E-state index in [0.717, 1.165) is 35.1 Å². The Morgan fingerprint density at radius 1 is 0.829 bits per heavy atom. The van der Waals surface area contributed by atoms with Gasteiger partial charge in [0.05, 0.1) is 17.5 Å². The van der Waals surface area contributed by atoms with Crippen LogP contribution in [0.5, 0.6) is 0 Å². The van der Waals surface area contributed by atoms with Crippen molar-refractivity contribution in [1.29, 1.82) is 0 Å². The fourth-order valence-electron chi connectivity index (χ4n) is 5.24. The molecule has 0 spiro atoms. The predicted molar refractivity (Wildman–Crippen MR) is 168 cm³/mol. The maximum absolute atomic E-state index is 13.3. The first kappa shape index (κ1) is 28.4. The average Bonchev–Trinajstić information content (AvgIpc) is 3.35. The van der Waals surface area contributed by atoms with Crippen LogP contribution in [0.4, 0.5) is 5.69 Å². The number of furan rings is 1. The lowest BCUT2D eigenvalue weighted by Gasteiger charge is -2.25. The molecule has 6 heteroatoms. The number of sulfonamides is 1. The third-order valence-electron chi connectivity index (χ3n) is 7.39. The molecule has 0 bridgehead atoms. The zero-order valence-corrected chi connectivity index (χ0v) is 24.6. The number of unbranched alkanes of at least 4 members (excludes halogenated alkanes) is 1. The summed E-state index contributed by atoms with van der Waals surface area (Å²) in [5, 5.41) is 0.688. The molecule has 0 radical (unpaired) electrons. The van der Waals surface area contributed by atoms with Gasteiger partial charge in [0, 0.05) is 35.5 Å². The van der Waals surface area contributed by atoms with Gasteiger partial charge in [-0.05, 0) is 43.4 Å². The SMILES string of the molecule is CCC(=O)c1c(-c2ccc(C)cc2)oc2cc(N(CCCCc3ccccc3)S(C)(=O)=O)c(-c3ccccc3)cc12. The molecule has 5 aromatic rings. The molecule has 0 amide bonds. The van der Waals surface area contributed by atoms with E-state index >= 15 is 0 Å². The summed E-state index contributed by atoms with van der Waals surface area (Å²) in [5.74, 6) is 0.490. The Hall–Kier alpha value is -4.16. The van der Waals surface area contributed by atoms with Crippen LogP contribution in [0.2, 0.25) is 0 Å². The highest BCUT2D eigenvalue weighted by atomic mass is 32.2. The van der Waals surface area contributed by atoms with Crippen LogP contribution in [0, 0.1) is 6.92 Å². The number of hydrogen-bond acceptors (Lipinski definition) is 4. The first-order chi connectivity index (χ1) is 19.8. The Labute approximate surface area is 242 Å². The number of carbonyl (C=O) groups is 1. The fourth-order valence-corrected chi connectivity index (χ4v) is 6.21. The van der Waals surface area contributed by atoms with Crippen molar-refractivity contribution in [2.45, 2.75) is 39.5 Å². The van der Waals surface area contributed by atoms with E-state index in [0.29, 0.717) is 47.4 Å². The van der Waals surface area contributed by atoms with Crippen molar-refractivity contribution >= 4 is 32.5 Å². The Kier molecular flexibility index (Phi) is 8.41. The number of carbonyl (C=O) groups excluding carboxylic acids is 1. The second-order valence-corrected chi connectivity index (χ2v) is 12.4. The third kappa shape index (κ3) is 6.28. The number of hydrogen-bond donors (Lipinski definition) is 0. The van der Waals surface area contributed by atoms with Crippen LogP contribution in [0.3, 0.4) is 0 Å². The first-order valence-electron chi connectivity index (χ1n) is 14.0. The summed E-state index contributed by atoms with van der Waals surface area (Å²) in [6.07, 6.45) is 4.00. The predicted octanol–water partition coefficient (Wildman–Crippen LogP) is 8.46. The molecule has 0 fully saturated rings. The Bertz CT molecular complexity index is 1760. The maximum Gasteiger partial charge on any atom is 0.232 e. The molecule has 41 heavy (non-hydrogen) atoms. The van der Waals surface area contributed by atoms with Crippen molar-refractivity contribution in [1.82, 2.24) is 0 Å². The number of Topliss-reactive ketones (excluding diaryl/α,β-unsaturated/α-hetero) is 1. The Morgan fingerprint density at radius 3 is 2.12 bits per heavy atom. The van der Waals surface area contributed by atoms with E-state index in [1.807, 2.05) is 92.7 Å². The van der Waals surface area contributed by atoms with E-state index in [-0.39, 0.29) is 5.78 Å². The quantitative estimate of drug-likeness (QED) is 0.119. The highest BCUT2D eigenvalue weighted by molar-refractivity contribution is 7.92. The number of nitrogens with zero attached hydrogens (tertiary/aromatic N) is 1. The van der Waals surface area contributed by atoms with Crippen molar-refractivity contribution in [2.24, 2.45) is 0 Å². The number of benzene rings is 4. The molecule has 0 saturated carbocycles. The van der Waals surface area contributed by atoms with E-state index in [1.54, 1.807) is 6.07 Å². The molecule has 5 rings (SSSR count). The zero-order chi connectivity index (χ0) is 29.0. The molecule has 0 N–H and O–H groups in total. The van der Waals surface area contributed by atoms with E-state index in [9.17, 15) is 13.2 Å². The van der Waals surface area contributed by atoms with Crippen molar-refractivity contribution < 1.29 is 17.6 Å². The van der Waals surface area contributed by atoms with Gasteiger partial charge in [-0.25, -0.2) is 8.42 Å². The van der Waals surface area contributed by atoms with Crippen molar-refractivity contribution in [3.05, 3.63) is 114 Å². The number of rotatable bonds is 11. The average molecular weight is 566 g/mol. The lowest BCUT2D eigenvalue weighted by molar-refractivity contribution is 0.0989. The molecule has 0 atom stereocenters. The van der Waals surface area contributed by atoms with Gasteiger partial charge in [-0.2, -0.15) is 0 Å². The van der Waals surface area contributed by atoms with Gasteiger partial charge in [-0.15, -0.1) is 0 Å². The van der Waals surface area contributed by atoms with Crippen LogP contribution in [0.25, 0.3) is 33.4 Å². The molecule has 0 aliphatic rings. The third-order valence-corrected chi connectivity index (χ3v) is 8.57. The summed E-state index contributed by atoms with van der Waals surface area (Å²) < 4.78 is 34.3. The first-order valence-corrected chi connectivity index (χ1v) is 15.9. The molecule has 1 aromatic heterocycles. The van der Waals surface area contributed by atoms with Crippen LogP contribution < -0.4 is 4.31 Å². The van der Waals surface area contributed by atoms with Gasteiger partial charge in [0.25, 0.3) is 0 Å². The minimum absolute atomic E-state index is 0.0213. The highest BCUT2D eigenvalue weighted by Gasteiger charge is 2.27. The summed E-state index contributed by atoms with van der Waals surface area (Å²) in [6, 6.07) is 31.5. The molecule has 0 unspecified atom stereocenters. The van der Waals surface area contributed by atoms with E-state index in [1.165, 1.54) is 16.1 Å². The van der Waals surface area contributed by atoms with Crippen molar-refractivity contribution in [3.63, 3.8) is 0 Å². The Morgan fingerprint density at radius 2 is 1.49 bits per heavy atom. The van der Waals surface area contributed by atoms with Crippen LogP contribution in [-0.2, 0) is 16.4 Å². The summed E-state index contributed by atoms with van der Waals surface area (Å²) in [4.78, 5) is 13.3. The van der Waals surface area contributed by atoms with E-state index in [2.05, 4.69) is 12.1 Å². The number of anilines is 1. The summed E-state index contributed by atoms with van der Waals surface area (Å²) in [5.41, 5.74) is 6.34. The fraction of sp³-hybridized carbons (Fsp3) is 0.229. The van der Waals surface area contributed by atoms with Gasteiger partial charge in [0.1, 0.15) is 11.3 Å². The molecule has 0 aliphatic carbocycles. The van der Waals surface area contributed by atoms with Gasteiger partial charge in [-0.3, -0.25) is 9.10 Å². The molecule has 1 heterocycles. The normalized spacial score (nSPS) is 11.6. The van der Waals surface area contributed by atoms with Gasteiger partial charge in [0.15, 0.2) is 5.78 Å². The van der Waals surface area contributed by atoms with Gasteiger partial charge < -0.3 is 4.42 Å². The van der Waals surface area contributed by atoms with Gasteiger partial charge in [-0.1, -0.05) is 97.4 Å². The largest absolute Gasteiger partial charge is 0.455 e. The number of aryl methyl sites for hydroxylation is 2. The molecular weight excluding hydrogens is 530 g/mol. The standard InChI is InChI=1S/C35H35NO4S/c1-4-32(37)34-30-23-29(27-16-9-6-10-17-27)31(24-33(30)40-35(34)28-20-18-25(2)19-21-28)36(41(3,38)39)22-12-11-15-26-13-7-5-8-14-26/h5-10,13-14,16-21,23-24H,4,11-12,15,22H2,1-3H3. The molecule has 4 aromatic carbocycles. The molecule has 0 saturated heterocycles. The summed E-state index contributed by atoms with van der Waals surface area (Å²) >= 11 is 0. The lowest BCUT2D eigenvalue weighted by atomic mass is 9.96. The minimum Gasteiger partial charge on any atom is -0.455 e. The van der Waals surface area contributed by atoms with Crippen LogP contribution in [-0.4, -0.2) is 27.0 Å². The Balaban J connectivity index is 1.64. The second kappa shape index (κ2) is 12.1. The smallest absolute Gasteiger partial charge is 0.232 e. The summed E-state index contributed by atoms with van der Waals surface area (Å²) in [7, 11) is -3.62. The van der Waals surface area contributed by atoms with Gasteiger partial charge in [0.2, 0.25) is 10.0 Å². The second-order valence-electron chi connectivity index (χ2n) is 10.5. The lowest BCUT2D eigenvalue weighted by Crippen LogP contribution is -2.31. The molecule has 5 nitrogen and oxygen atoms in total. The highest BCUT2D eigenvalue weighted by Crippen LogP contribution is 2.42. The maximum atomic E-state index is 13.3. The van der Waals surface area contributed by atoms with Crippen molar-refractivity contribution in [3.8, 4) is 22.5 Å². The zero-order valence-electron chi connectivity index (χ0n) is 23.8. The van der Waals surface area contributed by atoms with E-state index in [4.69, 9.17) is 4.42 Å². The van der Waals surface area contributed by atoms with Crippen molar-refractivity contribution in [2.75, 3.05) is 17.1 Å². The number of ketones is 1. The van der Waals surface area contributed by atoms with Crippen LogP contribution in [0.15, 0.2) is 101 Å². The molecular formula is C35H35NO4S. The monoisotopic (exact) mass is 565 g/mol. The van der Waals surface area contributed by atoms with Crippen LogP contribution >= 0.6 is 0 Å². The topological polar surface area (TPSA) is 67.6 Å². The number of fused-ring (bicyclic) bond motifs is 1. The van der Waals surface area contributed by atoms with Gasteiger partial charge >= 0.3 is 0 Å². The minimum atomic E-state index is -3.62. The van der Waals surface area contributed by atoms with E-state index < -0.39 is 10.0 Å². The van der Waals surface area contributed by atoms with Crippen LogP contribution in [0.1, 0.15) is 47.7 Å². The molecule has 210 valence electrons.